The Morgan fingerprint density at radius 2 is 2.00 bits per heavy atom. The van der Waals surface area contributed by atoms with Crippen LogP contribution in [0.1, 0.15) is 11.7 Å². The van der Waals surface area contributed by atoms with Crippen molar-refractivity contribution in [3.8, 4) is 0 Å². The number of carbonyl (C=O) groups is 1. The van der Waals surface area contributed by atoms with Gasteiger partial charge in [-0.3, -0.25) is 0 Å². The maximum Gasteiger partial charge on any atom is 0.336 e. The van der Waals surface area contributed by atoms with Crippen LogP contribution in [0.25, 0.3) is 0 Å². The highest BCUT2D eigenvalue weighted by atomic mass is 35.5. The van der Waals surface area contributed by atoms with Crippen molar-refractivity contribution in [3.05, 3.63) is 47.0 Å². The second-order valence-corrected chi connectivity index (χ2v) is 3.41. The molecule has 0 aliphatic rings. The Kier molecular flexibility index (Phi) is 3.88. The number of carbonyl (C=O) groups excluding carboxylic acids is 1. The molecule has 1 aromatic rings. The first kappa shape index (κ1) is 11.8. The monoisotopic (exact) mass is 226 g/mol. The third-order valence-electron chi connectivity index (χ3n) is 1.96. The number of ether oxygens (including phenoxy) is 1. The minimum atomic E-state index is -1.06. The number of rotatable bonds is 3. The van der Waals surface area contributed by atoms with E-state index in [0.717, 1.165) is 0 Å². The van der Waals surface area contributed by atoms with Gasteiger partial charge in [-0.15, -0.1) is 0 Å². The van der Waals surface area contributed by atoms with Crippen molar-refractivity contribution in [2.75, 3.05) is 7.11 Å². The molecule has 0 aliphatic heterocycles. The molecular weight excluding hydrogens is 216 g/mol. The van der Waals surface area contributed by atoms with E-state index in [1.54, 1.807) is 24.3 Å². The second-order valence-electron chi connectivity index (χ2n) is 2.97. The Labute approximate surface area is 92.9 Å². The van der Waals surface area contributed by atoms with Crippen molar-refractivity contribution in [2.45, 2.75) is 6.10 Å². The molecule has 1 aromatic carbocycles. The number of benzene rings is 1. The van der Waals surface area contributed by atoms with E-state index in [4.69, 9.17) is 11.6 Å². The average molecular weight is 227 g/mol. The molecule has 0 amide bonds. The molecule has 4 heteroatoms. The highest BCUT2D eigenvalue weighted by Gasteiger charge is 2.18. The van der Waals surface area contributed by atoms with E-state index in [1.807, 2.05) is 0 Å². The van der Waals surface area contributed by atoms with Gasteiger partial charge in [-0.2, -0.15) is 0 Å². The van der Waals surface area contributed by atoms with Crippen LogP contribution in [0.2, 0.25) is 5.02 Å². The van der Waals surface area contributed by atoms with Crippen LogP contribution in [0, 0.1) is 0 Å². The molecule has 1 N–H and O–H groups in total. The molecule has 0 aromatic heterocycles. The first-order chi connectivity index (χ1) is 7.06. The van der Waals surface area contributed by atoms with Gasteiger partial charge in [0.1, 0.15) is 6.10 Å². The summed E-state index contributed by atoms with van der Waals surface area (Å²) in [4.78, 5) is 11.1. The predicted octanol–water partition coefficient (Wildman–Crippen LogP) is 2.10. The molecule has 0 radical (unpaired) electrons. The van der Waals surface area contributed by atoms with Gasteiger partial charge in [0, 0.05) is 5.02 Å². The standard InChI is InChI=1S/C11H11ClO3/c1-7(11(14)15-2)10(13)8-3-5-9(12)6-4-8/h3-6,10,13H,1H2,2H3/t10-/m1/s1. The average Bonchev–Trinajstić information content (AvgIpc) is 2.27. The van der Waals surface area contributed by atoms with Crippen molar-refractivity contribution < 1.29 is 14.6 Å². The van der Waals surface area contributed by atoms with E-state index < -0.39 is 12.1 Å². The summed E-state index contributed by atoms with van der Waals surface area (Å²) in [6.07, 6.45) is -1.06. The zero-order valence-corrected chi connectivity index (χ0v) is 8.99. The lowest BCUT2D eigenvalue weighted by Gasteiger charge is -2.11. The molecule has 0 saturated carbocycles. The van der Waals surface area contributed by atoms with Gasteiger partial charge in [0.15, 0.2) is 0 Å². The number of aliphatic hydroxyl groups is 1. The zero-order chi connectivity index (χ0) is 11.4. The lowest BCUT2D eigenvalue weighted by Crippen LogP contribution is -2.11. The minimum absolute atomic E-state index is 0.000164. The highest BCUT2D eigenvalue weighted by Crippen LogP contribution is 2.22. The van der Waals surface area contributed by atoms with Crippen LogP contribution in [0.15, 0.2) is 36.4 Å². The van der Waals surface area contributed by atoms with Gasteiger partial charge in [-0.1, -0.05) is 30.3 Å². The summed E-state index contributed by atoms with van der Waals surface area (Å²) in [6, 6.07) is 6.51. The first-order valence-electron chi connectivity index (χ1n) is 4.27. The summed E-state index contributed by atoms with van der Waals surface area (Å²) in [5.41, 5.74) is 0.551. The maximum atomic E-state index is 11.1. The number of esters is 1. The van der Waals surface area contributed by atoms with Crippen LogP contribution in [-0.2, 0) is 9.53 Å². The van der Waals surface area contributed by atoms with Crippen molar-refractivity contribution in [1.29, 1.82) is 0 Å². The lowest BCUT2D eigenvalue weighted by atomic mass is 10.0. The molecule has 0 aliphatic carbocycles. The molecule has 1 atom stereocenters. The fourth-order valence-electron chi connectivity index (χ4n) is 1.09. The molecule has 0 bridgehead atoms. The molecule has 1 rings (SSSR count). The quantitative estimate of drug-likeness (QED) is 0.634. The molecule has 0 unspecified atom stereocenters. The van der Waals surface area contributed by atoms with Crippen molar-refractivity contribution in [2.24, 2.45) is 0 Å². The summed E-state index contributed by atoms with van der Waals surface area (Å²) in [5, 5.41) is 10.3. The summed E-state index contributed by atoms with van der Waals surface area (Å²) in [6.45, 7) is 3.47. The Hall–Kier alpha value is -1.32. The van der Waals surface area contributed by atoms with Crippen LogP contribution in [-0.4, -0.2) is 18.2 Å². The van der Waals surface area contributed by atoms with Gasteiger partial charge in [0.25, 0.3) is 0 Å². The van der Waals surface area contributed by atoms with Crippen LogP contribution < -0.4 is 0 Å². The van der Waals surface area contributed by atoms with Crippen molar-refractivity contribution in [3.63, 3.8) is 0 Å². The van der Waals surface area contributed by atoms with Crippen LogP contribution in [0.5, 0.6) is 0 Å². The van der Waals surface area contributed by atoms with Crippen molar-refractivity contribution in [1.82, 2.24) is 0 Å². The largest absolute Gasteiger partial charge is 0.466 e. The van der Waals surface area contributed by atoms with E-state index >= 15 is 0 Å². The third kappa shape index (κ3) is 2.81. The third-order valence-corrected chi connectivity index (χ3v) is 2.22. The van der Waals surface area contributed by atoms with Crippen LogP contribution >= 0.6 is 11.6 Å². The first-order valence-corrected chi connectivity index (χ1v) is 4.64. The number of hydrogen-bond donors (Lipinski definition) is 1. The molecule has 0 saturated heterocycles. The molecule has 0 heterocycles. The molecule has 3 nitrogen and oxygen atoms in total. The summed E-state index contributed by atoms with van der Waals surface area (Å²) in [7, 11) is 1.24. The summed E-state index contributed by atoms with van der Waals surface area (Å²) >= 11 is 5.69. The summed E-state index contributed by atoms with van der Waals surface area (Å²) in [5.74, 6) is -0.627. The molecule has 0 spiro atoms. The normalized spacial score (nSPS) is 11.9. The number of aliphatic hydroxyl groups excluding tert-OH is 1. The number of methoxy groups -OCH3 is 1. The van der Waals surface area contributed by atoms with Gasteiger partial charge < -0.3 is 9.84 Å². The Balaban J connectivity index is 2.85. The Morgan fingerprint density at radius 3 is 2.47 bits per heavy atom. The Morgan fingerprint density at radius 1 is 1.47 bits per heavy atom. The van der Waals surface area contributed by atoms with E-state index in [1.165, 1.54) is 7.11 Å². The zero-order valence-electron chi connectivity index (χ0n) is 8.24. The van der Waals surface area contributed by atoms with E-state index in [2.05, 4.69) is 11.3 Å². The van der Waals surface area contributed by atoms with Gasteiger partial charge in [0.05, 0.1) is 12.7 Å². The fourth-order valence-corrected chi connectivity index (χ4v) is 1.21. The van der Waals surface area contributed by atoms with Crippen LogP contribution in [0.3, 0.4) is 0 Å². The van der Waals surface area contributed by atoms with Gasteiger partial charge in [0.2, 0.25) is 0 Å². The minimum Gasteiger partial charge on any atom is -0.466 e. The van der Waals surface area contributed by atoms with Gasteiger partial charge in [-0.25, -0.2) is 4.79 Å². The predicted molar refractivity (Wildman–Crippen MR) is 57.6 cm³/mol. The van der Waals surface area contributed by atoms with Gasteiger partial charge >= 0.3 is 5.97 Å². The molecule has 15 heavy (non-hydrogen) atoms. The number of halogens is 1. The van der Waals surface area contributed by atoms with E-state index in [9.17, 15) is 9.90 Å². The van der Waals surface area contributed by atoms with Crippen LogP contribution in [0.4, 0.5) is 0 Å². The number of hydrogen-bond acceptors (Lipinski definition) is 3. The molecular formula is C11H11ClO3. The fraction of sp³-hybridized carbons (Fsp3) is 0.182. The van der Waals surface area contributed by atoms with Gasteiger partial charge in [-0.05, 0) is 17.7 Å². The second kappa shape index (κ2) is 4.96. The maximum absolute atomic E-state index is 11.1. The summed E-state index contributed by atoms with van der Waals surface area (Å²) < 4.78 is 4.45. The molecule has 80 valence electrons. The van der Waals surface area contributed by atoms with E-state index in [0.29, 0.717) is 10.6 Å². The van der Waals surface area contributed by atoms with Crippen molar-refractivity contribution >= 4 is 17.6 Å². The SMILES string of the molecule is C=C(C(=O)OC)[C@@H](O)c1ccc(Cl)cc1. The topological polar surface area (TPSA) is 46.5 Å². The lowest BCUT2D eigenvalue weighted by molar-refractivity contribution is -0.137. The highest BCUT2D eigenvalue weighted by molar-refractivity contribution is 6.30. The Bertz CT molecular complexity index is 370. The molecule has 0 fully saturated rings. The van der Waals surface area contributed by atoms with E-state index in [-0.39, 0.29) is 5.57 Å². The smallest absolute Gasteiger partial charge is 0.336 e.